The number of hydrogen-bond donors (Lipinski definition) is 0. The number of hydrogen-bond acceptors (Lipinski definition) is 2. The summed E-state index contributed by atoms with van der Waals surface area (Å²) < 4.78 is 2.17. The highest BCUT2D eigenvalue weighted by molar-refractivity contribution is 6.31. The molecule has 4 nitrogen and oxygen atoms in total. The SMILES string of the molecule is CC[C@@H](C(=O)N1CCCC1)n1c(Cc2ccccc2Cl)nc2cc(C)c(C)cc21. The molecule has 0 aliphatic carbocycles. The fraction of sp³-hybridized carbons (Fsp3) is 0.417. The third kappa shape index (κ3) is 3.78. The van der Waals surface area contributed by atoms with Crippen LogP contribution in [0.1, 0.15) is 54.7 Å². The number of carbonyl (C=O) groups is 1. The molecule has 152 valence electrons. The van der Waals surface area contributed by atoms with Crippen LogP contribution >= 0.6 is 11.6 Å². The minimum Gasteiger partial charge on any atom is -0.341 e. The van der Waals surface area contributed by atoms with Crippen LogP contribution < -0.4 is 0 Å². The van der Waals surface area contributed by atoms with Gasteiger partial charge in [-0.3, -0.25) is 4.79 Å². The topological polar surface area (TPSA) is 38.1 Å². The van der Waals surface area contributed by atoms with E-state index in [1.165, 1.54) is 11.1 Å². The maximum absolute atomic E-state index is 13.4. The molecule has 0 unspecified atom stereocenters. The summed E-state index contributed by atoms with van der Waals surface area (Å²) in [6.45, 7) is 8.03. The number of carbonyl (C=O) groups excluding carboxylic acids is 1. The van der Waals surface area contributed by atoms with Gasteiger partial charge >= 0.3 is 0 Å². The van der Waals surface area contributed by atoms with Crippen molar-refractivity contribution in [3.63, 3.8) is 0 Å². The Labute approximate surface area is 177 Å². The van der Waals surface area contributed by atoms with Crippen LogP contribution in [0.2, 0.25) is 5.02 Å². The molecule has 1 aromatic heterocycles. The molecule has 1 aliphatic rings. The van der Waals surface area contributed by atoms with Crippen molar-refractivity contribution in [1.29, 1.82) is 0 Å². The molecule has 1 aliphatic heterocycles. The molecular formula is C24H28ClN3O. The van der Waals surface area contributed by atoms with Gasteiger partial charge in [0.25, 0.3) is 0 Å². The van der Waals surface area contributed by atoms with Crippen molar-refractivity contribution in [2.45, 2.75) is 52.5 Å². The maximum Gasteiger partial charge on any atom is 0.245 e. The summed E-state index contributed by atoms with van der Waals surface area (Å²) in [7, 11) is 0. The van der Waals surface area contributed by atoms with Crippen molar-refractivity contribution in [1.82, 2.24) is 14.5 Å². The molecule has 5 heteroatoms. The third-order valence-electron chi connectivity index (χ3n) is 6.09. The predicted molar refractivity (Wildman–Crippen MR) is 119 cm³/mol. The number of nitrogens with zero attached hydrogens (tertiary/aromatic N) is 3. The molecule has 2 aromatic carbocycles. The predicted octanol–water partition coefficient (Wildman–Crippen LogP) is 5.47. The lowest BCUT2D eigenvalue weighted by atomic mass is 10.1. The van der Waals surface area contributed by atoms with Gasteiger partial charge in [0, 0.05) is 24.5 Å². The summed E-state index contributed by atoms with van der Waals surface area (Å²) in [5, 5.41) is 0.734. The Kier molecular flexibility index (Phi) is 5.64. The highest BCUT2D eigenvalue weighted by Crippen LogP contribution is 2.30. The summed E-state index contributed by atoms with van der Waals surface area (Å²) in [5.74, 6) is 1.11. The van der Waals surface area contributed by atoms with Gasteiger partial charge in [0.05, 0.1) is 11.0 Å². The number of likely N-dealkylation sites (tertiary alicyclic amines) is 1. The van der Waals surface area contributed by atoms with E-state index in [2.05, 4.69) is 37.5 Å². The van der Waals surface area contributed by atoms with E-state index in [1.807, 2.05) is 29.2 Å². The van der Waals surface area contributed by atoms with Crippen molar-refractivity contribution >= 4 is 28.5 Å². The molecular weight excluding hydrogens is 382 g/mol. The van der Waals surface area contributed by atoms with Gasteiger partial charge in [-0.15, -0.1) is 0 Å². The lowest BCUT2D eigenvalue weighted by Gasteiger charge is -2.25. The van der Waals surface area contributed by atoms with Gasteiger partial charge in [0.2, 0.25) is 5.91 Å². The first kappa shape index (κ1) is 20.0. The smallest absolute Gasteiger partial charge is 0.245 e. The Morgan fingerprint density at radius 2 is 1.83 bits per heavy atom. The molecule has 1 amide bonds. The Hall–Kier alpha value is -2.33. The quantitative estimate of drug-likeness (QED) is 0.560. The first-order valence-corrected chi connectivity index (χ1v) is 10.9. The van der Waals surface area contributed by atoms with Crippen molar-refractivity contribution in [2.24, 2.45) is 0 Å². The van der Waals surface area contributed by atoms with Crippen LogP contribution in [-0.2, 0) is 11.2 Å². The fourth-order valence-corrected chi connectivity index (χ4v) is 4.50. The Morgan fingerprint density at radius 1 is 1.14 bits per heavy atom. The van der Waals surface area contributed by atoms with Gasteiger partial charge in [-0.1, -0.05) is 36.7 Å². The standard InChI is InChI=1S/C24H28ClN3O/c1-4-21(24(29)27-11-7-8-12-27)28-22-14-17(3)16(2)13-20(22)26-23(28)15-18-9-5-6-10-19(18)25/h5-6,9-10,13-14,21H,4,7-8,11-12,15H2,1-3H3/t21-/m0/s1. The summed E-state index contributed by atoms with van der Waals surface area (Å²) in [6, 6.07) is 11.9. The van der Waals surface area contributed by atoms with Crippen molar-refractivity contribution < 1.29 is 4.79 Å². The third-order valence-corrected chi connectivity index (χ3v) is 6.45. The van der Waals surface area contributed by atoms with Gasteiger partial charge in [0.15, 0.2) is 0 Å². The first-order chi connectivity index (χ1) is 14.0. The van der Waals surface area contributed by atoms with Crippen LogP contribution in [0.15, 0.2) is 36.4 Å². The monoisotopic (exact) mass is 409 g/mol. The van der Waals surface area contributed by atoms with Gasteiger partial charge in [-0.05, 0) is 68.0 Å². The molecule has 2 heterocycles. The molecule has 1 saturated heterocycles. The number of halogens is 1. The number of imidazole rings is 1. The minimum absolute atomic E-state index is 0.211. The second-order valence-corrected chi connectivity index (χ2v) is 8.46. The molecule has 1 atom stereocenters. The van der Waals surface area contributed by atoms with E-state index in [0.29, 0.717) is 6.42 Å². The Balaban J connectivity index is 1.85. The average Bonchev–Trinajstić information content (AvgIpc) is 3.34. The van der Waals surface area contributed by atoms with E-state index in [1.54, 1.807) is 0 Å². The van der Waals surface area contributed by atoms with Gasteiger partial charge in [0.1, 0.15) is 11.9 Å². The van der Waals surface area contributed by atoms with Crippen LogP contribution in [0.4, 0.5) is 0 Å². The number of fused-ring (bicyclic) bond motifs is 1. The maximum atomic E-state index is 13.4. The Bertz CT molecular complexity index is 1050. The number of aryl methyl sites for hydroxylation is 2. The lowest BCUT2D eigenvalue weighted by molar-refractivity contribution is -0.133. The second kappa shape index (κ2) is 8.19. The van der Waals surface area contributed by atoms with E-state index in [4.69, 9.17) is 16.6 Å². The molecule has 0 spiro atoms. The molecule has 0 bridgehead atoms. The summed E-state index contributed by atoms with van der Waals surface area (Å²) >= 11 is 6.44. The summed E-state index contributed by atoms with van der Waals surface area (Å²) in [6.07, 6.45) is 3.54. The second-order valence-electron chi connectivity index (χ2n) is 8.05. The van der Waals surface area contributed by atoms with Gasteiger partial charge in [-0.25, -0.2) is 4.98 Å². The molecule has 29 heavy (non-hydrogen) atoms. The van der Waals surface area contributed by atoms with Crippen LogP contribution in [0.5, 0.6) is 0 Å². The van der Waals surface area contributed by atoms with E-state index in [-0.39, 0.29) is 11.9 Å². The largest absolute Gasteiger partial charge is 0.341 e. The summed E-state index contributed by atoms with van der Waals surface area (Å²) in [5.41, 5.74) is 5.44. The zero-order chi connectivity index (χ0) is 20.5. The lowest BCUT2D eigenvalue weighted by Crippen LogP contribution is -2.35. The van der Waals surface area contributed by atoms with Crippen molar-refractivity contribution in [3.05, 3.63) is 63.9 Å². The van der Waals surface area contributed by atoms with E-state index in [0.717, 1.165) is 59.8 Å². The van der Waals surface area contributed by atoms with E-state index < -0.39 is 0 Å². The number of benzene rings is 2. The van der Waals surface area contributed by atoms with Crippen LogP contribution in [-0.4, -0.2) is 33.4 Å². The molecule has 0 radical (unpaired) electrons. The molecule has 3 aromatic rings. The first-order valence-electron chi connectivity index (χ1n) is 10.5. The summed E-state index contributed by atoms with van der Waals surface area (Å²) in [4.78, 5) is 20.4. The zero-order valence-electron chi connectivity index (χ0n) is 17.4. The van der Waals surface area contributed by atoms with Crippen LogP contribution in [0.25, 0.3) is 11.0 Å². The zero-order valence-corrected chi connectivity index (χ0v) is 18.2. The molecule has 1 fully saturated rings. The van der Waals surface area contributed by atoms with Crippen molar-refractivity contribution in [2.75, 3.05) is 13.1 Å². The fourth-order valence-electron chi connectivity index (χ4n) is 4.30. The number of rotatable bonds is 5. The van der Waals surface area contributed by atoms with Crippen LogP contribution in [0, 0.1) is 13.8 Å². The number of amides is 1. The van der Waals surface area contributed by atoms with Crippen molar-refractivity contribution in [3.8, 4) is 0 Å². The molecule has 0 saturated carbocycles. The van der Waals surface area contributed by atoms with E-state index >= 15 is 0 Å². The van der Waals surface area contributed by atoms with Crippen LogP contribution in [0.3, 0.4) is 0 Å². The minimum atomic E-state index is -0.238. The van der Waals surface area contributed by atoms with E-state index in [9.17, 15) is 4.79 Å². The number of aromatic nitrogens is 2. The average molecular weight is 410 g/mol. The normalized spacial score (nSPS) is 15.2. The Morgan fingerprint density at radius 3 is 2.52 bits per heavy atom. The van der Waals surface area contributed by atoms with Gasteiger partial charge < -0.3 is 9.47 Å². The highest BCUT2D eigenvalue weighted by Gasteiger charge is 2.30. The highest BCUT2D eigenvalue weighted by atomic mass is 35.5. The molecule has 0 N–H and O–H groups in total. The molecule has 4 rings (SSSR count). The van der Waals surface area contributed by atoms with Gasteiger partial charge in [-0.2, -0.15) is 0 Å².